The first kappa shape index (κ1) is 14.2. The van der Waals surface area contributed by atoms with Gasteiger partial charge in [-0.25, -0.2) is 9.37 Å². The highest BCUT2D eigenvalue weighted by Gasteiger charge is 2.16. The highest BCUT2D eigenvalue weighted by Crippen LogP contribution is 2.26. The van der Waals surface area contributed by atoms with Gasteiger partial charge in [0.25, 0.3) is 0 Å². The van der Waals surface area contributed by atoms with Crippen molar-refractivity contribution in [1.82, 2.24) is 14.4 Å². The van der Waals surface area contributed by atoms with Crippen molar-refractivity contribution in [2.24, 2.45) is 5.73 Å². The van der Waals surface area contributed by atoms with E-state index >= 15 is 0 Å². The molecule has 1 atom stereocenters. The van der Waals surface area contributed by atoms with E-state index in [0.717, 1.165) is 3.57 Å². The van der Waals surface area contributed by atoms with Crippen LogP contribution in [-0.2, 0) is 0 Å². The Balaban J connectivity index is 2.14. The summed E-state index contributed by atoms with van der Waals surface area (Å²) in [6.45, 7) is 0. The lowest BCUT2D eigenvalue weighted by Crippen LogP contribution is -2.15. The predicted octanol–water partition coefficient (Wildman–Crippen LogP) is 2.17. The van der Waals surface area contributed by atoms with E-state index < -0.39 is 12.0 Å². The van der Waals surface area contributed by atoms with E-state index in [1.807, 2.05) is 22.6 Å². The standard InChI is InChI=1S/C13H11FIN5O/c14-9-3-7(15)1-2-10(9)19-13-11(12(16)21)18-5-8-4-17-6-20(8)13/h1-6,12,19,21H,16H2. The molecule has 0 bridgehead atoms. The minimum atomic E-state index is -1.29. The number of nitrogens with two attached hydrogens (primary N) is 1. The molecule has 108 valence electrons. The van der Waals surface area contributed by atoms with Crippen molar-refractivity contribution in [3.05, 3.63) is 52.0 Å². The maximum Gasteiger partial charge on any atom is 0.149 e. The minimum absolute atomic E-state index is 0.207. The summed E-state index contributed by atoms with van der Waals surface area (Å²) in [5.74, 6) is -0.0309. The van der Waals surface area contributed by atoms with Crippen molar-refractivity contribution in [3.8, 4) is 0 Å². The van der Waals surface area contributed by atoms with Gasteiger partial charge in [0.2, 0.25) is 0 Å². The molecule has 0 amide bonds. The number of imidazole rings is 1. The van der Waals surface area contributed by atoms with E-state index in [9.17, 15) is 9.50 Å². The second-order valence-electron chi connectivity index (χ2n) is 4.37. The lowest BCUT2D eigenvalue weighted by atomic mass is 10.3. The van der Waals surface area contributed by atoms with Crippen molar-refractivity contribution in [2.45, 2.75) is 6.23 Å². The van der Waals surface area contributed by atoms with Gasteiger partial charge in [0.05, 0.1) is 23.6 Å². The largest absolute Gasteiger partial charge is 0.373 e. The summed E-state index contributed by atoms with van der Waals surface area (Å²) >= 11 is 2.03. The Hall–Kier alpha value is -1.78. The van der Waals surface area contributed by atoms with Crippen LogP contribution in [0, 0.1) is 9.39 Å². The van der Waals surface area contributed by atoms with Gasteiger partial charge in [-0.15, -0.1) is 0 Å². The number of hydrogen-bond acceptors (Lipinski definition) is 5. The number of fused-ring (bicyclic) bond motifs is 1. The summed E-state index contributed by atoms with van der Waals surface area (Å²) in [6.07, 6.45) is 3.39. The zero-order valence-corrected chi connectivity index (χ0v) is 12.8. The van der Waals surface area contributed by atoms with Crippen molar-refractivity contribution in [2.75, 3.05) is 5.32 Å². The second kappa shape index (κ2) is 5.54. The zero-order chi connectivity index (χ0) is 15.0. The smallest absolute Gasteiger partial charge is 0.149 e. The predicted molar refractivity (Wildman–Crippen MR) is 84.5 cm³/mol. The number of aliphatic hydroxyl groups is 1. The topological polar surface area (TPSA) is 88.5 Å². The number of aromatic nitrogens is 3. The molecule has 4 N–H and O–H groups in total. The van der Waals surface area contributed by atoms with Gasteiger partial charge in [-0.1, -0.05) is 0 Å². The van der Waals surface area contributed by atoms with Crippen LogP contribution in [0.1, 0.15) is 11.9 Å². The summed E-state index contributed by atoms with van der Waals surface area (Å²) in [5.41, 5.74) is 6.69. The van der Waals surface area contributed by atoms with E-state index in [1.165, 1.54) is 18.6 Å². The molecule has 6 nitrogen and oxygen atoms in total. The summed E-state index contributed by atoms with van der Waals surface area (Å²) in [4.78, 5) is 8.11. The van der Waals surface area contributed by atoms with Gasteiger partial charge in [0, 0.05) is 3.57 Å². The molecule has 2 aromatic heterocycles. The van der Waals surface area contributed by atoms with Gasteiger partial charge in [0.15, 0.2) is 0 Å². The molecule has 1 unspecified atom stereocenters. The summed E-state index contributed by atoms with van der Waals surface area (Å²) in [6, 6.07) is 4.79. The number of halogens is 2. The molecule has 21 heavy (non-hydrogen) atoms. The monoisotopic (exact) mass is 399 g/mol. The maximum atomic E-state index is 14.0. The third kappa shape index (κ3) is 2.69. The molecule has 0 aliphatic rings. The van der Waals surface area contributed by atoms with Crippen LogP contribution in [0.15, 0.2) is 36.9 Å². The highest BCUT2D eigenvalue weighted by molar-refractivity contribution is 14.1. The summed E-state index contributed by atoms with van der Waals surface area (Å²) < 4.78 is 16.4. The fourth-order valence-corrected chi connectivity index (χ4v) is 2.42. The molecule has 8 heteroatoms. The van der Waals surface area contributed by atoms with E-state index in [-0.39, 0.29) is 11.4 Å². The van der Waals surface area contributed by atoms with Gasteiger partial charge >= 0.3 is 0 Å². The number of hydrogen-bond donors (Lipinski definition) is 3. The Labute approximate surface area is 133 Å². The SMILES string of the molecule is NC(O)c1ncc2cncn2c1Nc1ccc(I)cc1F. The fourth-order valence-electron chi connectivity index (χ4n) is 1.97. The van der Waals surface area contributed by atoms with Crippen molar-refractivity contribution >= 4 is 39.6 Å². The Morgan fingerprint density at radius 2 is 2.19 bits per heavy atom. The molecule has 0 fully saturated rings. The number of rotatable bonds is 3. The van der Waals surface area contributed by atoms with E-state index in [4.69, 9.17) is 5.73 Å². The third-order valence-corrected chi connectivity index (χ3v) is 3.62. The van der Waals surface area contributed by atoms with E-state index in [1.54, 1.807) is 22.7 Å². The molecular formula is C13H11FIN5O. The maximum absolute atomic E-state index is 14.0. The molecule has 0 aliphatic heterocycles. The quantitative estimate of drug-likeness (QED) is 0.464. The zero-order valence-electron chi connectivity index (χ0n) is 10.7. The molecule has 0 radical (unpaired) electrons. The van der Waals surface area contributed by atoms with Gasteiger partial charge in [-0.3, -0.25) is 9.38 Å². The van der Waals surface area contributed by atoms with E-state index in [2.05, 4.69) is 15.3 Å². The Kier molecular flexibility index (Phi) is 3.74. The number of nitrogens with one attached hydrogen (secondary N) is 1. The van der Waals surface area contributed by atoms with Crippen molar-refractivity contribution in [3.63, 3.8) is 0 Å². The van der Waals surface area contributed by atoms with Crippen LogP contribution in [0.25, 0.3) is 5.52 Å². The first-order chi connectivity index (χ1) is 10.1. The molecular weight excluding hydrogens is 388 g/mol. The fraction of sp³-hybridized carbons (Fsp3) is 0.0769. The first-order valence-corrected chi connectivity index (χ1v) is 7.11. The molecule has 0 saturated heterocycles. The van der Waals surface area contributed by atoms with Crippen LogP contribution in [0.2, 0.25) is 0 Å². The van der Waals surface area contributed by atoms with Crippen LogP contribution in [-0.4, -0.2) is 19.5 Å². The average Bonchev–Trinajstić information content (AvgIpc) is 2.90. The average molecular weight is 399 g/mol. The molecule has 0 spiro atoms. The second-order valence-corrected chi connectivity index (χ2v) is 5.62. The van der Waals surface area contributed by atoms with Gasteiger partial charge < -0.3 is 16.2 Å². The Morgan fingerprint density at radius 1 is 1.38 bits per heavy atom. The molecule has 2 heterocycles. The molecule has 1 aromatic carbocycles. The minimum Gasteiger partial charge on any atom is -0.373 e. The summed E-state index contributed by atoms with van der Waals surface area (Å²) in [5, 5.41) is 12.6. The van der Waals surface area contributed by atoms with Crippen molar-refractivity contribution in [1.29, 1.82) is 0 Å². The Morgan fingerprint density at radius 3 is 2.90 bits per heavy atom. The third-order valence-electron chi connectivity index (χ3n) is 2.95. The van der Waals surface area contributed by atoms with Crippen molar-refractivity contribution < 1.29 is 9.50 Å². The molecule has 3 aromatic rings. The number of nitrogens with zero attached hydrogens (tertiary/aromatic N) is 3. The van der Waals surface area contributed by atoms with Gasteiger partial charge in [-0.05, 0) is 40.8 Å². The van der Waals surface area contributed by atoms with Gasteiger partial charge in [-0.2, -0.15) is 0 Å². The molecule has 0 aliphatic carbocycles. The highest BCUT2D eigenvalue weighted by atomic mass is 127. The molecule has 0 saturated carbocycles. The van der Waals surface area contributed by atoms with Crippen LogP contribution in [0.5, 0.6) is 0 Å². The van der Waals surface area contributed by atoms with E-state index in [0.29, 0.717) is 11.3 Å². The lowest BCUT2D eigenvalue weighted by Gasteiger charge is -2.15. The van der Waals surface area contributed by atoms with Crippen LogP contribution in [0.3, 0.4) is 0 Å². The first-order valence-electron chi connectivity index (χ1n) is 6.03. The van der Waals surface area contributed by atoms with Crippen LogP contribution < -0.4 is 11.1 Å². The number of anilines is 2. The lowest BCUT2D eigenvalue weighted by molar-refractivity contribution is 0.181. The molecule has 3 rings (SSSR count). The van der Waals surface area contributed by atoms with Gasteiger partial charge in [0.1, 0.15) is 29.9 Å². The van der Waals surface area contributed by atoms with Crippen LogP contribution >= 0.6 is 22.6 Å². The number of benzene rings is 1. The number of aliphatic hydroxyl groups excluding tert-OH is 1. The normalized spacial score (nSPS) is 12.6. The summed E-state index contributed by atoms with van der Waals surface area (Å²) in [7, 11) is 0. The van der Waals surface area contributed by atoms with Crippen LogP contribution in [0.4, 0.5) is 15.9 Å². The Bertz CT molecular complexity index is 804.